The normalized spacial score (nSPS) is 10.3. The second-order valence-corrected chi connectivity index (χ2v) is 3.80. The summed E-state index contributed by atoms with van der Waals surface area (Å²) in [5.74, 6) is 0.529. The van der Waals surface area contributed by atoms with Crippen LogP contribution in [0.5, 0.6) is 5.75 Å². The molecule has 1 aromatic carbocycles. The van der Waals surface area contributed by atoms with Gasteiger partial charge in [0, 0.05) is 17.5 Å². The molecule has 0 amide bonds. The van der Waals surface area contributed by atoms with E-state index in [1.165, 1.54) is 0 Å². The summed E-state index contributed by atoms with van der Waals surface area (Å²) in [7, 11) is 1.60. The molecule has 1 heterocycles. The Kier molecular flexibility index (Phi) is 3.62. The molecule has 0 atom stereocenters. The highest BCUT2D eigenvalue weighted by atomic mass is 16.5. The van der Waals surface area contributed by atoms with Gasteiger partial charge in [-0.2, -0.15) is 0 Å². The summed E-state index contributed by atoms with van der Waals surface area (Å²) in [6, 6.07) is 7.34. The van der Waals surface area contributed by atoms with E-state index in [0.717, 1.165) is 16.9 Å². The van der Waals surface area contributed by atoms with Crippen molar-refractivity contribution < 1.29 is 19.2 Å². The van der Waals surface area contributed by atoms with Gasteiger partial charge in [0.15, 0.2) is 5.76 Å². The molecular formula is C13H13NO4. The van der Waals surface area contributed by atoms with Crippen molar-refractivity contribution in [3.63, 3.8) is 0 Å². The minimum absolute atomic E-state index is 0.0599. The molecule has 2 aromatic rings. The molecule has 1 N–H and O–H groups in total. The Hall–Kier alpha value is -2.30. The molecule has 2 rings (SSSR count). The van der Waals surface area contributed by atoms with Crippen LogP contribution < -0.4 is 4.74 Å². The van der Waals surface area contributed by atoms with Gasteiger partial charge in [-0.15, -0.1) is 0 Å². The van der Waals surface area contributed by atoms with Crippen LogP contribution in [0.15, 0.2) is 35.0 Å². The summed E-state index contributed by atoms with van der Waals surface area (Å²) >= 11 is 0. The third-order valence-corrected chi connectivity index (χ3v) is 2.60. The fourth-order valence-electron chi connectivity index (χ4n) is 1.66. The van der Waals surface area contributed by atoms with E-state index in [4.69, 9.17) is 14.4 Å². The predicted octanol–water partition coefficient (Wildman–Crippen LogP) is 2.37. The lowest BCUT2D eigenvalue weighted by atomic mass is 10.1. The first-order valence-electron chi connectivity index (χ1n) is 5.50. The lowest BCUT2D eigenvalue weighted by molar-refractivity contribution is -0.136. The molecule has 0 aliphatic carbocycles. The number of ether oxygens (including phenoxy) is 1. The molecule has 5 heteroatoms. The molecule has 0 aliphatic rings. The van der Waals surface area contributed by atoms with Gasteiger partial charge in [-0.1, -0.05) is 5.16 Å². The third kappa shape index (κ3) is 2.68. The maximum Gasteiger partial charge on any atom is 0.303 e. The monoisotopic (exact) mass is 247 g/mol. The maximum atomic E-state index is 10.6. The van der Waals surface area contributed by atoms with Crippen molar-refractivity contribution in [3.05, 3.63) is 36.0 Å². The van der Waals surface area contributed by atoms with Crippen LogP contribution in [0, 0.1) is 0 Å². The number of benzene rings is 1. The van der Waals surface area contributed by atoms with Gasteiger partial charge in [0.1, 0.15) is 5.75 Å². The summed E-state index contributed by atoms with van der Waals surface area (Å²) in [4.78, 5) is 10.6. The molecule has 5 nitrogen and oxygen atoms in total. The number of rotatable bonds is 5. The molecule has 0 fully saturated rings. The number of carbonyl (C=O) groups is 1. The fraction of sp³-hybridized carbons (Fsp3) is 0.231. The Morgan fingerprint density at radius 2 is 2.11 bits per heavy atom. The van der Waals surface area contributed by atoms with Crippen LogP contribution in [0.1, 0.15) is 12.0 Å². The number of hydrogen-bond donors (Lipinski definition) is 1. The van der Waals surface area contributed by atoms with Gasteiger partial charge in [0.25, 0.3) is 0 Å². The molecular weight excluding hydrogens is 234 g/mol. The Morgan fingerprint density at radius 3 is 2.72 bits per heavy atom. The van der Waals surface area contributed by atoms with E-state index in [1.807, 2.05) is 24.3 Å². The number of hydrogen-bond acceptors (Lipinski definition) is 4. The Bertz CT molecular complexity index is 530. The number of aliphatic carboxylic acids is 1. The van der Waals surface area contributed by atoms with Crippen LogP contribution in [-0.2, 0) is 11.2 Å². The van der Waals surface area contributed by atoms with Crippen LogP contribution in [0.4, 0.5) is 0 Å². The average molecular weight is 247 g/mol. The Morgan fingerprint density at radius 1 is 1.39 bits per heavy atom. The number of carboxylic acid groups (broad SMARTS) is 1. The first-order chi connectivity index (χ1) is 8.70. The van der Waals surface area contributed by atoms with Gasteiger partial charge in [-0.25, -0.2) is 0 Å². The summed E-state index contributed by atoms with van der Waals surface area (Å²) in [5.41, 5.74) is 1.65. The number of aryl methyl sites for hydroxylation is 1. The summed E-state index contributed by atoms with van der Waals surface area (Å²) in [5, 5.41) is 12.4. The maximum absolute atomic E-state index is 10.6. The van der Waals surface area contributed by atoms with Gasteiger partial charge in [-0.05, 0) is 30.7 Å². The highest BCUT2D eigenvalue weighted by Gasteiger charge is 2.12. The molecule has 1 aromatic heterocycles. The molecule has 0 saturated carbocycles. The van der Waals surface area contributed by atoms with E-state index in [1.54, 1.807) is 13.3 Å². The summed E-state index contributed by atoms with van der Waals surface area (Å²) < 4.78 is 10.2. The second-order valence-electron chi connectivity index (χ2n) is 3.80. The predicted molar refractivity (Wildman–Crippen MR) is 64.4 cm³/mol. The van der Waals surface area contributed by atoms with E-state index < -0.39 is 5.97 Å². The van der Waals surface area contributed by atoms with E-state index in [2.05, 4.69) is 5.16 Å². The summed E-state index contributed by atoms with van der Waals surface area (Å²) in [6.45, 7) is 0. The topological polar surface area (TPSA) is 72.6 Å². The smallest absolute Gasteiger partial charge is 0.303 e. The first kappa shape index (κ1) is 12.2. The van der Waals surface area contributed by atoms with Crippen molar-refractivity contribution >= 4 is 5.97 Å². The van der Waals surface area contributed by atoms with Crippen LogP contribution in [0.3, 0.4) is 0 Å². The lowest BCUT2D eigenvalue weighted by Gasteiger charge is -2.02. The largest absolute Gasteiger partial charge is 0.497 e. The zero-order chi connectivity index (χ0) is 13.0. The van der Waals surface area contributed by atoms with Crippen molar-refractivity contribution in [2.24, 2.45) is 0 Å². The minimum Gasteiger partial charge on any atom is -0.497 e. The van der Waals surface area contributed by atoms with Gasteiger partial charge in [-0.3, -0.25) is 4.79 Å². The van der Waals surface area contributed by atoms with Crippen molar-refractivity contribution in [3.8, 4) is 17.1 Å². The SMILES string of the molecule is COc1ccc(-c2oncc2CCC(=O)O)cc1. The minimum atomic E-state index is -0.836. The molecule has 94 valence electrons. The fourth-order valence-corrected chi connectivity index (χ4v) is 1.66. The standard InChI is InChI=1S/C13H13NO4/c1-17-11-5-2-9(3-6-11)13-10(8-14-18-13)4-7-12(15)16/h2-3,5-6,8H,4,7H2,1H3,(H,15,16). The highest BCUT2D eigenvalue weighted by molar-refractivity contribution is 5.68. The van der Waals surface area contributed by atoms with Crippen LogP contribution in [-0.4, -0.2) is 23.3 Å². The molecule has 0 radical (unpaired) electrons. The number of methoxy groups -OCH3 is 1. The highest BCUT2D eigenvalue weighted by Crippen LogP contribution is 2.26. The molecule has 18 heavy (non-hydrogen) atoms. The molecule has 0 aliphatic heterocycles. The number of aromatic nitrogens is 1. The van der Waals surface area contributed by atoms with E-state index in [9.17, 15) is 4.79 Å². The van der Waals surface area contributed by atoms with Gasteiger partial charge in [0.2, 0.25) is 0 Å². The van der Waals surface area contributed by atoms with Gasteiger partial charge in [0.05, 0.1) is 13.3 Å². The zero-order valence-electron chi connectivity index (χ0n) is 9.92. The molecule has 0 unspecified atom stereocenters. The van der Waals surface area contributed by atoms with E-state index in [0.29, 0.717) is 12.2 Å². The van der Waals surface area contributed by atoms with E-state index in [-0.39, 0.29) is 6.42 Å². The van der Waals surface area contributed by atoms with Gasteiger partial charge >= 0.3 is 5.97 Å². The first-order valence-corrected chi connectivity index (χ1v) is 5.50. The molecule has 0 spiro atoms. The third-order valence-electron chi connectivity index (χ3n) is 2.60. The van der Waals surface area contributed by atoms with Crippen LogP contribution in [0.2, 0.25) is 0 Å². The van der Waals surface area contributed by atoms with Crippen molar-refractivity contribution in [1.29, 1.82) is 0 Å². The lowest BCUT2D eigenvalue weighted by Crippen LogP contribution is -1.97. The number of carboxylic acids is 1. The second kappa shape index (κ2) is 5.35. The van der Waals surface area contributed by atoms with Crippen molar-refractivity contribution in [1.82, 2.24) is 5.16 Å². The van der Waals surface area contributed by atoms with Crippen molar-refractivity contribution in [2.45, 2.75) is 12.8 Å². The van der Waals surface area contributed by atoms with Crippen LogP contribution in [0.25, 0.3) is 11.3 Å². The summed E-state index contributed by atoms with van der Waals surface area (Å²) in [6.07, 6.45) is 2.02. The molecule has 0 saturated heterocycles. The number of nitrogens with zero attached hydrogens (tertiary/aromatic N) is 1. The Labute approximate surface area is 104 Å². The van der Waals surface area contributed by atoms with Crippen molar-refractivity contribution in [2.75, 3.05) is 7.11 Å². The molecule has 0 bridgehead atoms. The zero-order valence-corrected chi connectivity index (χ0v) is 9.92. The Balaban J connectivity index is 2.21. The van der Waals surface area contributed by atoms with Crippen LogP contribution >= 0.6 is 0 Å². The van der Waals surface area contributed by atoms with Gasteiger partial charge < -0.3 is 14.4 Å². The quantitative estimate of drug-likeness (QED) is 0.878. The van der Waals surface area contributed by atoms with E-state index >= 15 is 0 Å². The average Bonchev–Trinajstić information content (AvgIpc) is 2.85.